The lowest BCUT2D eigenvalue weighted by atomic mass is 10.1. The summed E-state index contributed by atoms with van der Waals surface area (Å²) in [7, 11) is -2.08. The molecule has 1 saturated carbocycles. The fourth-order valence-electron chi connectivity index (χ4n) is 4.87. The van der Waals surface area contributed by atoms with Crippen molar-refractivity contribution < 1.29 is 27.1 Å². The minimum Gasteiger partial charge on any atom is -0.497 e. The second-order valence-corrected chi connectivity index (χ2v) is 11.6. The van der Waals surface area contributed by atoms with E-state index < -0.39 is 21.9 Å². The Morgan fingerprint density at radius 1 is 1.13 bits per heavy atom. The topological polar surface area (TPSA) is 96.0 Å². The first-order valence-electron chi connectivity index (χ1n) is 13.1. The van der Waals surface area contributed by atoms with Crippen LogP contribution in [-0.2, 0) is 26.2 Å². The van der Waals surface area contributed by atoms with Gasteiger partial charge in [0.25, 0.3) is 0 Å². The van der Waals surface area contributed by atoms with E-state index in [0.29, 0.717) is 17.9 Å². The summed E-state index contributed by atoms with van der Waals surface area (Å²) in [5.41, 5.74) is 1.16. The lowest BCUT2D eigenvalue weighted by molar-refractivity contribution is -0.141. The van der Waals surface area contributed by atoms with Gasteiger partial charge < -0.3 is 15.0 Å². The standard InChI is InChI=1S/C28H38FN3O5S/c1-4-26(28(34)30-23-10-5-6-11-23)31(20-21-9-7-12-25(19-21)37-2)27(33)13-8-18-32(38(3,35)36)24-16-14-22(29)15-17-24/h7,9,12,14-17,19,23,26H,4-6,8,10-11,13,18,20H2,1-3H3,(H,30,34)/t26-/m1/s1. The van der Waals surface area contributed by atoms with Gasteiger partial charge in [-0.2, -0.15) is 0 Å². The molecule has 0 radical (unpaired) electrons. The Labute approximate surface area is 225 Å². The number of carbonyl (C=O) groups is 2. The minimum atomic E-state index is -3.65. The SMILES string of the molecule is CC[C@H](C(=O)NC1CCCC1)N(Cc1cccc(OC)c1)C(=O)CCCN(c1ccc(F)cc1)S(C)(=O)=O. The van der Waals surface area contributed by atoms with Crippen molar-refractivity contribution in [2.24, 2.45) is 0 Å². The molecule has 0 aliphatic heterocycles. The van der Waals surface area contributed by atoms with E-state index in [1.165, 1.54) is 24.3 Å². The van der Waals surface area contributed by atoms with Gasteiger partial charge in [-0.15, -0.1) is 0 Å². The molecule has 3 rings (SSSR count). The molecular formula is C28H38FN3O5S. The van der Waals surface area contributed by atoms with Crippen LogP contribution in [0.1, 0.15) is 57.4 Å². The number of benzene rings is 2. The molecule has 208 valence electrons. The second kappa shape index (κ2) is 13.6. The zero-order chi connectivity index (χ0) is 27.7. The number of methoxy groups -OCH3 is 1. The summed E-state index contributed by atoms with van der Waals surface area (Å²) in [6, 6.07) is 12.0. The van der Waals surface area contributed by atoms with Gasteiger partial charge in [0.2, 0.25) is 21.8 Å². The molecule has 2 aromatic carbocycles. The van der Waals surface area contributed by atoms with E-state index in [2.05, 4.69) is 5.32 Å². The highest BCUT2D eigenvalue weighted by atomic mass is 32.2. The number of sulfonamides is 1. The van der Waals surface area contributed by atoms with Crippen molar-refractivity contribution in [3.63, 3.8) is 0 Å². The van der Waals surface area contributed by atoms with Crippen molar-refractivity contribution in [3.8, 4) is 5.75 Å². The summed E-state index contributed by atoms with van der Waals surface area (Å²) in [6.45, 7) is 2.15. The Bertz CT molecular complexity index is 1180. The van der Waals surface area contributed by atoms with Crippen LogP contribution in [-0.4, -0.2) is 57.1 Å². The highest BCUT2D eigenvalue weighted by Crippen LogP contribution is 2.22. The number of hydrogen-bond acceptors (Lipinski definition) is 5. The first-order chi connectivity index (χ1) is 18.1. The molecule has 8 nitrogen and oxygen atoms in total. The van der Waals surface area contributed by atoms with Crippen molar-refractivity contribution in [1.82, 2.24) is 10.2 Å². The molecule has 0 unspecified atom stereocenters. The van der Waals surface area contributed by atoms with Gasteiger partial charge >= 0.3 is 0 Å². The van der Waals surface area contributed by atoms with Crippen LogP contribution in [0.5, 0.6) is 5.75 Å². The molecule has 1 fully saturated rings. The molecule has 0 bridgehead atoms. The van der Waals surface area contributed by atoms with Crippen LogP contribution in [0.3, 0.4) is 0 Å². The third kappa shape index (κ3) is 8.18. The fraction of sp³-hybridized carbons (Fsp3) is 0.500. The molecule has 0 heterocycles. The third-order valence-corrected chi connectivity index (χ3v) is 8.04. The monoisotopic (exact) mass is 547 g/mol. The average molecular weight is 548 g/mol. The zero-order valence-corrected chi connectivity index (χ0v) is 23.2. The molecule has 10 heteroatoms. The molecule has 2 amide bonds. The van der Waals surface area contributed by atoms with Crippen LogP contribution < -0.4 is 14.4 Å². The normalized spacial score (nSPS) is 14.6. The number of nitrogens with zero attached hydrogens (tertiary/aromatic N) is 2. The highest BCUT2D eigenvalue weighted by Gasteiger charge is 2.30. The van der Waals surface area contributed by atoms with Gasteiger partial charge in [0.15, 0.2) is 0 Å². The molecule has 1 atom stereocenters. The van der Waals surface area contributed by atoms with Crippen LogP contribution in [0.25, 0.3) is 0 Å². The Morgan fingerprint density at radius 3 is 2.42 bits per heavy atom. The lowest BCUT2D eigenvalue weighted by Crippen LogP contribution is -2.51. The Kier molecular flexibility index (Phi) is 10.5. The molecule has 0 spiro atoms. The molecule has 1 aliphatic carbocycles. The van der Waals surface area contributed by atoms with Gasteiger partial charge in [0, 0.05) is 25.6 Å². The summed E-state index contributed by atoms with van der Waals surface area (Å²) in [6.07, 6.45) is 5.85. The summed E-state index contributed by atoms with van der Waals surface area (Å²) in [5.74, 6) is -0.220. The minimum absolute atomic E-state index is 0.0460. The van der Waals surface area contributed by atoms with E-state index >= 15 is 0 Å². The van der Waals surface area contributed by atoms with Gasteiger partial charge in [0.05, 0.1) is 19.1 Å². The molecule has 1 aliphatic rings. The van der Waals surface area contributed by atoms with Crippen molar-refractivity contribution in [3.05, 3.63) is 59.9 Å². The quantitative estimate of drug-likeness (QED) is 0.405. The predicted molar refractivity (Wildman–Crippen MR) is 146 cm³/mol. The molecule has 0 saturated heterocycles. The van der Waals surface area contributed by atoms with Crippen LogP contribution in [0.4, 0.5) is 10.1 Å². The maximum Gasteiger partial charge on any atom is 0.243 e. The van der Waals surface area contributed by atoms with E-state index in [1.807, 2.05) is 31.2 Å². The average Bonchev–Trinajstić information content (AvgIpc) is 3.39. The number of hydrogen-bond donors (Lipinski definition) is 1. The summed E-state index contributed by atoms with van der Waals surface area (Å²) in [4.78, 5) is 28.4. The fourth-order valence-corrected chi connectivity index (χ4v) is 5.83. The Hall–Kier alpha value is -3.14. The van der Waals surface area contributed by atoms with E-state index in [9.17, 15) is 22.4 Å². The van der Waals surface area contributed by atoms with Gasteiger partial charge in [-0.25, -0.2) is 12.8 Å². The first-order valence-corrected chi connectivity index (χ1v) is 14.9. The van der Waals surface area contributed by atoms with Crippen LogP contribution in [0.2, 0.25) is 0 Å². The summed E-state index contributed by atoms with van der Waals surface area (Å²) in [5, 5.41) is 3.12. The maximum absolute atomic E-state index is 13.6. The van der Waals surface area contributed by atoms with Crippen LogP contribution >= 0.6 is 0 Å². The number of rotatable bonds is 13. The summed E-state index contributed by atoms with van der Waals surface area (Å²) >= 11 is 0. The number of ether oxygens (including phenoxy) is 1. The van der Waals surface area contributed by atoms with E-state index in [-0.39, 0.29) is 43.8 Å². The molecular weight excluding hydrogens is 509 g/mol. The highest BCUT2D eigenvalue weighted by molar-refractivity contribution is 7.92. The maximum atomic E-state index is 13.6. The van der Waals surface area contributed by atoms with Crippen LogP contribution in [0, 0.1) is 5.82 Å². The number of amides is 2. The van der Waals surface area contributed by atoms with E-state index in [0.717, 1.165) is 41.8 Å². The number of carbonyl (C=O) groups excluding carboxylic acids is 2. The molecule has 1 N–H and O–H groups in total. The number of anilines is 1. The zero-order valence-electron chi connectivity index (χ0n) is 22.4. The van der Waals surface area contributed by atoms with Gasteiger partial charge in [-0.3, -0.25) is 13.9 Å². The summed E-state index contributed by atoms with van der Waals surface area (Å²) < 4.78 is 44.7. The lowest BCUT2D eigenvalue weighted by Gasteiger charge is -2.32. The van der Waals surface area contributed by atoms with Crippen LogP contribution in [0.15, 0.2) is 48.5 Å². The van der Waals surface area contributed by atoms with Gasteiger partial charge in [-0.1, -0.05) is 31.9 Å². The Morgan fingerprint density at radius 2 is 1.82 bits per heavy atom. The molecule has 0 aromatic heterocycles. The smallest absolute Gasteiger partial charge is 0.243 e. The second-order valence-electron chi connectivity index (χ2n) is 9.70. The molecule has 38 heavy (non-hydrogen) atoms. The molecule has 2 aromatic rings. The van der Waals surface area contributed by atoms with Crippen molar-refractivity contribution in [2.45, 2.75) is 70.5 Å². The van der Waals surface area contributed by atoms with Crippen molar-refractivity contribution >= 4 is 27.5 Å². The number of nitrogens with one attached hydrogen (secondary N) is 1. The largest absolute Gasteiger partial charge is 0.497 e. The van der Waals surface area contributed by atoms with Crippen molar-refractivity contribution in [1.29, 1.82) is 0 Å². The van der Waals surface area contributed by atoms with Crippen molar-refractivity contribution in [2.75, 3.05) is 24.2 Å². The van der Waals surface area contributed by atoms with E-state index in [1.54, 1.807) is 12.0 Å². The van der Waals surface area contributed by atoms with Gasteiger partial charge in [0.1, 0.15) is 17.6 Å². The third-order valence-electron chi connectivity index (χ3n) is 6.84. The van der Waals surface area contributed by atoms with Gasteiger partial charge in [-0.05, 0) is 67.6 Å². The Balaban J connectivity index is 1.76. The van der Waals surface area contributed by atoms with E-state index in [4.69, 9.17) is 4.74 Å². The first kappa shape index (κ1) is 29.4. The predicted octanol–water partition coefficient (Wildman–Crippen LogP) is 4.25. The number of halogens is 1.